The second-order valence-electron chi connectivity index (χ2n) is 14.9. The average Bonchev–Trinajstić information content (AvgIpc) is 3.33. The highest BCUT2D eigenvalue weighted by Gasteiger charge is 2.44. The smallest absolute Gasteiger partial charge is 0.414 e. The van der Waals surface area contributed by atoms with Crippen molar-refractivity contribution in [2.75, 3.05) is 18.6 Å². The maximum absolute atomic E-state index is 13.3. The predicted octanol–water partition coefficient (Wildman–Crippen LogP) is 7.82. The Labute approximate surface area is 302 Å². The van der Waals surface area contributed by atoms with Gasteiger partial charge in [0.1, 0.15) is 34.9 Å². The Morgan fingerprint density at radius 1 is 1.02 bits per heavy atom. The Bertz CT molecular complexity index is 1570. The summed E-state index contributed by atoms with van der Waals surface area (Å²) in [6, 6.07) is 11.1. The van der Waals surface area contributed by atoms with Gasteiger partial charge in [-0.15, -0.1) is 0 Å². The van der Waals surface area contributed by atoms with Crippen molar-refractivity contribution in [3.63, 3.8) is 0 Å². The zero-order valence-electron chi connectivity index (χ0n) is 31.9. The number of hydrogen-bond acceptors (Lipinski definition) is 10. The van der Waals surface area contributed by atoms with Gasteiger partial charge in [-0.1, -0.05) is 43.4 Å². The summed E-state index contributed by atoms with van der Waals surface area (Å²) < 4.78 is 41.9. The molecule has 0 aliphatic carbocycles. The zero-order chi connectivity index (χ0) is 37.7. The molecular formula is C40H55NO10. The van der Waals surface area contributed by atoms with E-state index < -0.39 is 53.7 Å². The van der Waals surface area contributed by atoms with E-state index in [4.69, 9.17) is 33.2 Å². The first-order chi connectivity index (χ1) is 23.8. The average molecular weight is 710 g/mol. The highest BCUT2D eigenvalue weighted by atomic mass is 16.8. The van der Waals surface area contributed by atoms with Gasteiger partial charge in [-0.2, -0.15) is 0 Å². The van der Waals surface area contributed by atoms with Crippen LogP contribution in [0.2, 0.25) is 0 Å². The van der Waals surface area contributed by atoms with Crippen LogP contribution in [-0.2, 0) is 30.3 Å². The number of carbonyl (C=O) groups excluding carboxylic acids is 2. The van der Waals surface area contributed by atoms with E-state index in [0.29, 0.717) is 36.6 Å². The number of nitrogens with zero attached hydrogens (tertiary/aromatic N) is 1. The Morgan fingerprint density at radius 2 is 1.71 bits per heavy atom. The Morgan fingerprint density at radius 3 is 2.31 bits per heavy atom. The molecule has 280 valence electrons. The molecule has 1 saturated heterocycles. The van der Waals surface area contributed by atoms with Gasteiger partial charge in [-0.05, 0) is 90.1 Å². The van der Waals surface area contributed by atoms with Crippen LogP contribution in [0.3, 0.4) is 0 Å². The molecular weight excluding hydrogens is 654 g/mol. The minimum Gasteiger partial charge on any atom is -0.497 e. The molecule has 1 fully saturated rings. The molecule has 51 heavy (non-hydrogen) atoms. The molecule has 0 aromatic heterocycles. The number of cyclic esters (lactones) is 1. The number of fused-ring (bicyclic) bond motifs is 1. The number of ether oxygens (including phenoxy) is 7. The Balaban J connectivity index is 1.65. The minimum atomic E-state index is -1.19. The van der Waals surface area contributed by atoms with Crippen LogP contribution < -0.4 is 14.4 Å². The fourth-order valence-electron chi connectivity index (χ4n) is 5.77. The maximum atomic E-state index is 13.3. The third kappa shape index (κ3) is 10.8. The monoisotopic (exact) mass is 709 g/mol. The van der Waals surface area contributed by atoms with Crippen LogP contribution in [0.25, 0.3) is 6.08 Å². The van der Waals surface area contributed by atoms with Gasteiger partial charge in [0.25, 0.3) is 0 Å². The molecule has 0 saturated carbocycles. The molecule has 2 aromatic rings. The van der Waals surface area contributed by atoms with E-state index in [1.54, 1.807) is 46.1 Å². The van der Waals surface area contributed by atoms with E-state index in [1.807, 2.05) is 91.0 Å². The summed E-state index contributed by atoms with van der Waals surface area (Å²) >= 11 is 0. The van der Waals surface area contributed by atoms with E-state index in [-0.39, 0.29) is 11.5 Å². The second kappa shape index (κ2) is 16.2. The largest absolute Gasteiger partial charge is 0.497 e. The Kier molecular flexibility index (Phi) is 12.7. The summed E-state index contributed by atoms with van der Waals surface area (Å²) in [5.41, 5.74) is 1.54. The summed E-state index contributed by atoms with van der Waals surface area (Å²) in [7, 11) is 1.62. The Hall–Kier alpha value is -3.90. The van der Waals surface area contributed by atoms with Crippen LogP contribution in [-0.4, -0.2) is 72.4 Å². The van der Waals surface area contributed by atoms with Crippen molar-refractivity contribution < 1.29 is 47.9 Å². The summed E-state index contributed by atoms with van der Waals surface area (Å²) in [5.74, 6) is -1.67. The lowest BCUT2D eigenvalue weighted by Crippen LogP contribution is -2.40. The first-order valence-electron chi connectivity index (χ1n) is 17.6. The van der Waals surface area contributed by atoms with Crippen molar-refractivity contribution in [2.24, 2.45) is 5.92 Å². The van der Waals surface area contributed by atoms with Crippen molar-refractivity contribution in [2.45, 2.75) is 124 Å². The number of aliphatic hydroxyl groups excluding tert-OH is 1. The van der Waals surface area contributed by atoms with Gasteiger partial charge in [0.05, 0.1) is 31.6 Å². The van der Waals surface area contributed by atoms with Crippen molar-refractivity contribution in [3.8, 4) is 11.5 Å². The van der Waals surface area contributed by atoms with Gasteiger partial charge in [-0.25, -0.2) is 9.59 Å². The predicted molar refractivity (Wildman–Crippen MR) is 195 cm³/mol. The van der Waals surface area contributed by atoms with Crippen LogP contribution >= 0.6 is 0 Å². The standard InChI is InChI=1S/C40H55NO10/c1-12-41(37(44)51-38(4,5)6)29-22-28(34-33(23-29)48-40(9,10)50-36(34)43)14-13-15-32-35(49-39(7,8)47-32)31(21-16-25(2)26(3)42)46-24-27-17-19-30(45-11)20-18-27/h13-14,16-23,25-26,31-32,35,42H,12,15,24H2,1-11H3/b14-13+,21-16-/t25-,26+,31?,32+,35-/m1/s1. The first kappa shape index (κ1) is 39.9. The highest BCUT2D eigenvalue weighted by molar-refractivity contribution is 6.00. The third-order valence-corrected chi connectivity index (χ3v) is 8.44. The molecule has 1 amide bonds. The summed E-state index contributed by atoms with van der Waals surface area (Å²) in [6.07, 6.45) is 5.47. The number of carbonyl (C=O) groups is 2. The van der Waals surface area contributed by atoms with Gasteiger partial charge >= 0.3 is 12.1 Å². The number of esters is 1. The van der Waals surface area contributed by atoms with Crippen LogP contribution in [0.15, 0.2) is 54.6 Å². The number of amides is 1. The highest BCUT2D eigenvalue weighted by Crippen LogP contribution is 2.39. The molecule has 1 unspecified atom stereocenters. The van der Waals surface area contributed by atoms with Crippen LogP contribution in [0, 0.1) is 5.92 Å². The summed E-state index contributed by atoms with van der Waals surface area (Å²) in [6.45, 7) is 18.6. The van der Waals surface area contributed by atoms with Gasteiger partial charge in [-0.3, -0.25) is 4.90 Å². The number of hydrogen-bond donors (Lipinski definition) is 1. The lowest BCUT2D eigenvalue weighted by atomic mass is 9.99. The molecule has 2 aliphatic rings. The van der Waals surface area contributed by atoms with Crippen molar-refractivity contribution in [1.29, 1.82) is 0 Å². The number of anilines is 1. The number of methoxy groups -OCH3 is 1. The molecule has 5 atom stereocenters. The van der Waals surface area contributed by atoms with Crippen molar-refractivity contribution in [3.05, 3.63) is 71.3 Å². The minimum absolute atomic E-state index is 0.112. The lowest BCUT2D eigenvalue weighted by molar-refractivity contribution is -0.156. The van der Waals surface area contributed by atoms with E-state index in [1.165, 1.54) is 4.90 Å². The molecule has 0 radical (unpaired) electrons. The topological polar surface area (TPSA) is 122 Å². The fourth-order valence-corrected chi connectivity index (χ4v) is 5.77. The van der Waals surface area contributed by atoms with Gasteiger partial charge in [0, 0.05) is 26.5 Å². The molecule has 2 aliphatic heterocycles. The fraction of sp³-hybridized carbons (Fsp3) is 0.550. The van der Waals surface area contributed by atoms with Crippen molar-refractivity contribution >= 4 is 23.8 Å². The molecule has 1 N–H and O–H groups in total. The number of benzene rings is 2. The van der Waals surface area contributed by atoms with E-state index >= 15 is 0 Å². The van der Waals surface area contributed by atoms with E-state index in [9.17, 15) is 14.7 Å². The van der Waals surface area contributed by atoms with Crippen LogP contribution in [0.1, 0.15) is 97.1 Å². The molecule has 0 bridgehead atoms. The maximum Gasteiger partial charge on any atom is 0.414 e. The molecule has 11 nitrogen and oxygen atoms in total. The SMILES string of the molecule is CCN(C(=O)OC(C)(C)C)c1cc(/C=C/C[C@@H]2OC(C)(C)O[C@@H]2C(/C=C\[C@@H](C)[C@H](C)O)OCc2ccc(OC)cc2)c2c(c1)OC(C)(C)OC2=O. The van der Waals surface area contributed by atoms with Crippen molar-refractivity contribution in [1.82, 2.24) is 0 Å². The molecule has 4 rings (SSSR count). The van der Waals surface area contributed by atoms with Gasteiger partial charge < -0.3 is 38.3 Å². The lowest BCUT2D eigenvalue weighted by Gasteiger charge is -2.33. The normalized spacial score (nSPS) is 21.5. The molecule has 2 aromatic carbocycles. The number of rotatable bonds is 13. The van der Waals surface area contributed by atoms with Crippen LogP contribution in [0.4, 0.5) is 10.5 Å². The van der Waals surface area contributed by atoms with E-state index in [2.05, 4.69) is 0 Å². The molecule has 2 heterocycles. The molecule has 11 heteroatoms. The quantitative estimate of drug-likeness (QED) is 0.163. The first-order valence-corrected chi connectivity index (χ1v) is 17.6. The second-order valence-corrected chi connectivity index (χ2v) is 14.9. The number of aliphatic hydroxyl groups is 1. The van der Waals surface area contributed by atoms with Gasteiger partial charge in [0.2, 0.25) is 5.79 Å². The summed E-state index contributed by atoms with van der Waals surface area (Å²) in [4.78, 5) is 28.0. The van der Waals surface area contributed by atoms with E-state index in [0.717, 1.165) is 11.3 Å². The van der Waals surface area contributed by atoms with Gasteiger partial charge in [0.15, 0.2) is 5.79 Å². The van der Waals surface area contributed by atoms with Crippen LogP contribution in [0.5, 0.6) is 11.5 Å². The molecule has 0 spiro atoms. The summed E-state index contributed by atoms with van der Waals surface area (Å²) in [5, 5.41) is 10.2. The third-order valence-electron chi connectivity index (χ3n) is 8.44. The zero-order valence-corrected chi connectivity index (χ0v) is 31.9.